The van der Waals surface area contributed by atoms with Crippen molar-refractivity contribution >= 4 is 11.9 Å². The molecular formula is C28H43F3O4. The van der Waals surface area contributed by atoms with Crippen molar-refractivity contribution < 1.29 is 32.2 Å². The van der Waals surface area contributed by atoms with Crippen LogP contribution in [0.5, 0.6) is 0 Å². The second-order valence-electron chi connectivity index (χ2n) is 9.15. The smallest absolute Gasteiger partial charge is 0.306 e. The topological polar surface area (TPSA) is 52.6 Å². The van der Waals surface area contributed by atoms with Crippen molar-refractivity contribution in [1.29, 1.82) is 0 Å². The molecule has 35 heavy (non-hydrogen) atoms. The number of hydrogen-bond donors (Lipinski definition) is 0. The lowest BCUT2D eigenvalue weighted by molar-refractivity contribution is -0.146. The van der Waals surface area contributed by atoms with Crippen LogP contribution in [0.15, 0.2) is 12.1 Å². The summed E-state index contributed by atoms with van der Waals surface area (Å²) in [4.78, 5) is 23.4. The van der Waals surface area contributed by atoms with E-state index in [1.165, 1.54) is 70.6 Å². The van der Waals surface area contributed by atoms with Crippen LogP contribution < -0.4 is 0 Å². The van der Waals surface area contributed by atoms with E-state index in [9.17, 15) is 22.8 Å². The Labute approximate surface area is 209 Å². The summed E-state index contributed by atoms with van der Waals surface area (Å²) in [5.41, 5.74) is -0.633. The molecule has 0 unspecified atom stereocenters. The number of unbranched alkanes of at least 4 members (excludes halogenated alkanes) is 13. The van der Waals surface area contributed by atoms with Gasteiger partial charge in [-0.2, -0.15) is 0 Å². The molecule has 0 saturated carbocycles. The highest BCUT2D eigenvalue weighted by atomic mass is 19.2. The van der Waals surface area contributed by atoms with E-state index in [0.717, 1.165) is 25.3 Å². The van der Waals surface area contributed by atoms with Gasteiger partial charge in [0.2, 0.25) is 0 Å². The minimum atomic E-state index is -1.37. The van der Waals surface area contributed by atoms with E-state index in [1.807, 2.05) is 0 Å². The summed E-state index contributed by atoms with van der Waals surface area (Å²) in [6, 6.07) is 1.44. The van der Waals surface area contributed by atoms with Crippen LogP contribution in [0.3, 0.4) is 0 Å². The van der Waals surface area contributed by atoms with Gasteiger partial charge < -0.3 is 9.47 Å². The van der Waals surface area contributed by atoms with Crippen LogP contribution in [0.25, 0.3) is 0 Å². The number of benzene rings is 1. The Morgan fingerprint density at radius 3 is 1.63 bits per heavy atom. The number of hydrogen-bond acceptors (Lipinski definition) is 4. The summed E-state index contributed by atoms with van der Waals surface area (Å²) >= 11 is 0. The Balaban J connectivity index is 1.92. The molecule has 7 heteroatoms. The molecule has 0 aromatic heterocycles. The molecule has 200 valence electrons. The molecule has 1 aromatic rings. The number of esters is 2. The Morgan fingerprint density at radius 2 is 1.09 bits per heavy atom. The first-order valence-electron chi connectivity index (χ1n) is 13.4. The predicted molar refractivity (Wildman–Crippen MR) is 131 cm³/mol. The van der Waals surface area contributed by atoms with Gasteiger partial charge in [-0.05, 0) is 25.0 Å². The van der Waals surface area contributed by atoms with E-state index < -0.39 is 35.6 Å². The van der Waals surface area contributed by atoms with E-state index in [-0.39, 0.29) is 25.2 Å². The molecule has 0 atom stereocenters. The minimum absolute atomic E-state index is 0.0659. The third-order valence-electron chi connectivity index (χ3n) is 6.04. The van der Waals surface area contributed by atoms with Gasteiger partial charge >= 0.3 is 11.9 Å². The molecule has 0 bridgehead atoms. The fraction of sp³-hybridized carbons (Fsp3) is 0.714. The standard InChI is InChI=1S/C28H43F3O4/c1-2-3-4-5-6-7-8-9-10-11-12-13-14-15-21-34-26(32)17-16-18-27(33)35-22-23-24(29)19-20-25(30)28(23)31/h19-20H,2-18,21-22H2,1H3. The van der Waals surface area contributed by atoms with E-state index in [1.54, 1.807) is 0 Å². The van der Waals surface area contributed by atoms with Crippen LogP contribution >= 0.6 is 0 Å². The molecule has 0 heterocycles. The highest BCUT2D eigenvalue weighted by molar-refractivity contribution is 5.72. The second-order valence-corrected chi connectivity index (χ2v) is 9.15. The van der Waals surface area contributed by atoms with Crippen molar-refractivity contribution in [2.45, 2.75) is 123 Å². The zero-order chi connectivity index (χ0) is 25.7. The zero-order valence-electron chi connectivity index (χ0n) is 21.4. The van der Waals surface area contributed by atoms with Gasteiger partial charge in [0.25, 0.3) is 0 Å². The SMILES string of the molecule is CCCCCCCCCCCCCCCCOC(=O)CCCC(=O)OCc1c(F)ccc(F)c1F. The molecule has 1 aromatic carbocycles. The van der Waals surface area contributed by atoms with Gasteiger partial charge in [-0.25, -0.2) is 13.2 Å². The fourth-order valence-electron chi connectivity index (χ4n) is 3.86. The van der Waals surface area contributed by atoms with Crippen molar-refractivity contribution in [2.75, 3.05) is 6.61 Å². The van der Waals surface area contributed by atoms with Gasteiger partial charge in [0.15, 0.2) is 11.6 Å². The third kappa shape index (κ3) is 15.5. The molecule has 0 spiro atoms. The van der Waals surface area contributed by atoms with E-state index in [4.69, 9.17) is 9.47 Å². The van der Waals surface area contributed by atoms with Gasteiger partial charge in [0, 0.05) is 12.8 Å². The predicted octanol–water partition coefficient (Wildman–Crippen LogP) is 8.34. The average Bonchev–Trinajstić information content (AvgIpc) is 2.84. The number of halogens is 3. The van der Waals surface area contributed by atoms with Crippen LogP contribution in [0.1, 0.15) is 122 Å². The average molecular weight is 501 g/mol. The zero-order valence-corrected chi connectivity index (χ0v) is 21.4. The van der Waals surface area contributed by atoms with Crippen molar-refractivity contribution in [3.8, 4) is 0 Å². The summed E-state index contributed by atoms with van der Waals surface area (Å²) in [6.07, 6.45) is 17.8. The van der Waals surface area contributed by atoms with Crippen LogP contribution in [0.2, 0.25) is 0 Å². The molecule has 0 aliphatic rings. The Morgan fingerprint density at radius 1 is 0.629 bits per heavy atom. The summed E-state index contributed by atoms with van der Waals surface area (Å²) in [5.74, 6) is -4.66. The van der Waals surface area contributed by atoms with Crippen LogP contribution in [0.4, 0.5) is 13.2 Å². The Hall–Kier alpha value is -2.05. The van der Waals surface area contributed by atoms with E-state index in [2.05, 4.69) is 6.92 Å². The van der Waals surface area contributed by atoms with E-state index >= 15 is 0 Å². The van der Waals surface area contributed by atoms with Gasteiger partial charge in [-0.1, -0.05) is 90.4 Å². The maximum atomic E-state index is 13.5. The third-order valence-corrected chi connectivity index (χ3v) is 6.04. The van der Waals surface area contributed by atoms with Crippen molar-refractivity contribution in [3.05, 3.63) is 35.1 Å². The fourth-order valence-corrected chi connectivity index (χ4v) is 3.86. The lowest BCUT2D eigenvalue weighted by Gasteiger charge is -2.08. The number of rotatable bonds is 21. The molecule has 0 aliphatic heterocycles. The molecule has 0 N–H and O–H groups in total. The number of carbonyl (C=O) groups is 2. The lowest BCUT2D eigenvalue weighted by Crippen LogP contribution is -2.10. The van der Waals surface area contributed by atoms with Crippen LogP contribution in [-0.4, -0.2) is 18.5 Å². The first-order valence-corrected chi connectivity index (χ1v) is 13.4. The Kier molecular flexibility index (Phi) is 17.9. The number of ether oxygens (including phenoxy) is 2. The molecule has 0 saturated heterocycles. The van der Waals surface area contributed by atoms with Crippen molar-refractivity contribution in [1.82, 2.24) is 0 Å². The molecule has 0 aliphatic carbocycles. The highest BCUT2D eigenvalue weighted by Crippen LogP contribution is 2.17. The molecule has 0 radical (unpaired) electrons. The highest BCUT2D eigenvalue weighted by Gasteiger charge is 2.16. The normalized spacial score (nSPS) is 11.0. The molecule has 0 fully saturated rings. The number of carbonyl (C=O) groups excluding carboxylic acids is 2. The molecule has 1 rings (SSSR count). The van der Waals surface area contributed by atoms with Gasteiger partial charge in [-0.15, -0.1) is 0 Å². The minimum Gasteiger partial charge on any atom is -0.466 e. The largest absolute Gasteiger partial charge is 0.466 e. The summed E-state index contributed by atoms with van der Waals surface area (Å²) < 4.78 is 50.1. The van der Waals surface area contributed by atoms with Gasteiger partial charge in [0.1, 0.15) is 12.4 Å². The maximum absolute atomic E-state index is 13.5. The van der Waals surface area contributed by atoms with Crippen LogP contribution in [-0.2, 0) is 25.7 Å². The first-order chi connectivity index (χ1) is 17.0. The van der Waals surface area contributed by atoms with E-state index in [0.29, 0.717) is 12.7 Å². The van der Waals surface area contributed by atoms with Gasteiger partial charge in [-0.3, -0.25) is 9.59 Å². The molecule has 0 amide bonds. The summed E-state index contributed by atoms with van der Waals surface area (Å²) in [5, 5.41) is 0. The van der Waals surface area contributed by atoms with Gasteiger partial charge in [0.05, 0.1) is 12.2 Å². The first kappa shape index (κ1) is 31.0. The lowest BCUT2D eigenvalue weighted by atomic mass is 10.0. The van der Waals surface area contributed by atoms with Crippen molar-refractivity contribution in [2.24, 2.45) is 0 Å². The quantitative estimate of drug-likeness (QED) is 0.0967. The monoisotopic (exact) mass is 500 g/mol. The second kappa shape index (κ2) is 20.2. The summed E-state index contributed by atoms with van der Waals surface area (Å²) in [6.45, 7) is 1.92. The van der Waals surface area contributed by atoms with Crippen molar-refractivity contribution in [3.63, 3.8) is 0 Å². The molecular weight excluding hydrogens is 457 g/mol. The maximum Gasteiger partial charge on any atom is 0.306 e. The molecule has 4 nitrogen and oxygen atoms in total. The Bertz CT molecular complexity index is 724. The van der Waals surface area contributed by atoms with Crippen LogP contribution in [0, 0.1) is 17.5 Å². The summed E-state index contributed by atoms with van der Waals surface area (Å²) in [7, 11) is 0.